The molecule has 3 aromatic rings. The van der Waals surface area contributed by atoms with Crippen LogP contribution >= 0.6 is 0 Å². The number of amides is 1. The minimum absolute atomic E-state index is 0.0130. The molecule has 174 valence electrons. The van der Waals surface area contributed by atoms with E-state index in [-0.39, 0.29) is 41.5 Å². The highest BCUT2D eigenvalue weighted by Gasteiger charge is 2.46. The zero-order valence-corrected chi connectivity index (χ0v) is 18.0. The number of nitro groups is 1. The molecule has 4 rings (SSSR count). The maximum atomic E-state index is 13.1. The SMILES string of the molecule is CCOc1cc([C@H]2C(=C(O)c3cccc([N+](=O)[O-])c3)C(=O)C(=O)N2Cc2ccco2)ccc1O. The van der Waals surface area contributed by atoms with Crippen LogP contribution in [0.15, 0.2) is 70.9 Å². The molecule has 0 saturated carbocycles. The lowest BCUT2D eigenvalue weighted by atomic mass is 9.94. The van der Waals surface area contributed by atoms with E-state index >= 15 is 0 Å². The lowest BCUT2D eigenvalue weighted by Crippen LogP contribution is -2.29. The largest absolute Gasteiger partial charge is 0.507 e. The van der Waals surface area contributed by atoms with E-state index in [0.717, 1.165) is 6.07 Å². The number of likely N-dealkylation sites (tertiary alicyclic amines) is 1. The number of rotatable bonds is 7. The van der Waals surface area contributed by atoms with Crippen molar-refractivity contribution in [1.82, 2.24) is 4.90 Å². The molecular weight excluding hydrogens is 444 g/mol. The first-order valence-electron chi connectivity index (χ1n) is 10.3. The van der Waals surface area contributed by atoms with E-state index in [2.05, 4.69) is 0 Å². The number of aromatic hydroxyl groups is 1. The molecule has 1 atom stereocenters. The van der Waals surface area contributed by atoms with Crippen LogP contribution in [0.2, 0.25) is 0 Å². The van der Waals surface area contributed by atoms with Crippen LogP contribution in [0.3, 0.4) is 0 Å². The Morgan fingerprint density at radius 3 is 2.65 bits per heavy atom. The van der Waals surface area contributed by atoms with Gasteiger partial charge in [0.2, 0.25) is 0 Å². The van der Waals surface area contributed by atoms with Crippen molar-refractivity contribution in [3.63, 3.8) is 0 Å². The normalized spacial score (nSPS) is 17.2. The number of ketones is 1. The number of hydrogen-bond donors (Lipinski definition) is 2. The third kappa shape index (κ3) is 4.08. The molecule has 2 N–H and O–H groups in total. The minimum Gasteiger partial charge on any atom is -0.507 e. The van der Waals surface area contributed by atoms with Crippen molar-refractivity contribution in [3.8, 4) is 11.5 Å². The maximum Gasteiger partial charge on any atom is 0.296 e. The van der Waals surface area contributed by atoms with Crippen LogP contribution in [0.4, 0.5) is 5.69 Å². The molecule has 0 radical (unpaired) electrons. The van der Waals surface area contributed by atoms with Crippen molar-refractivity contribution in [1.29, 1.82) is 0 Å². The van der Waals surface area contributed by atoms with Gasteiger partial charge in [0.1, 0.15) is 11.5 Å². The predicted molar refractivity (Wildman–Crippen MR) is 119 cm³/mol. The summed E-state index contributed by atoms with van der Waals surface area (Å²) >= 11 is 0. The Morgan fingerprint density at radius 2 is 1.97 bits per heavy atom. The van der Waals surface area contributed by atoms with Crippen molar-refractivity contribution in [2.45, 2.75) is 19.5 Å². The second-order valence-electron chi connectivity index (χ2n) is 7.47. The van der Waals surface area contributed by atoms with Gasteiger partial charge >= 0.3 is 0 Å². The van der Waals surface area contributed by atoms with Gasteiger partial charge in [-0.05, 0) is 36.8 Å². The zero-order valence-electron chi connectivity index (χ0n) is 18.0. The third-order valence-corrected chi connectivity index (χ3v) is 5.38. The molecule has 1 aliphatic heterocycles. The Labute approximate surface area is 193 Å². The van der Waals surface area contributed by atoms with Crippen LogP contribution in [0.1, 0.15) is 29.9 Å². The number of ether oxygens (including phenoxy) is 1. The van der Waals surface area contributed by atoms with Gasteiger partial charge in [-0.3, -0.25) is 19.7 Å². The first kappa shape index (κ1) is 22.6. The highest BCUT2D eigenvalue weighted by Crippen LogP contribution is 2.42. The molecule has 2 aromatic carbocycles. The van der Waals surface area contributed by atoms with E-state index in [1.165, 1.54) is 47.6 Å². The Kier molecular flexibility index (Phi) is 6.05. The molecule has 1 aliphatic rings. The lowest BCUT2D eigenvalue weighted by Gasteiger charge is -2.25. The number of carbonyl (C=O) groups excluding carboxylic acids is 2. The Morgan fingerprint density at radius 1 is 1.18 bits per heavy atom. The summed E-state index contributed by atoms with van der Waals surface area (Å²) < 4.78 is 10.8. The average Bonchev–Trinajstić information content (AvgIpc) is 3.43. The molecular formula is C24H20N2O8. The number of aliphatic hydroxyl groups excluding tert-OH is 1. The van der Waals surface area contributed by atoms with Crippen LogP contribution in [-0.4, -0.2) is 38.3 Å². The van der Waals surface area contributed by atoms with Gasteiger partial charge in [0.05, 0.1) is 36.0 Å². The second-order valence-corrected chi connectivity index (χ2v) is 7.47. The van der Waals surface area contributed by atoms with E-state index in [0.29, 0.717) is 11.3 Å². The summed E-state index contributed by atoms with van der Waals surface area (Å²) in [4.78, 5) is 37.9. The summed E-state index contributed by atoms with van der Waals surface area (Å²) in [5.41, 5.74) is -0.128. The van der Waals surface area contributed by atoms with Gasteiger partial charge < -0.3 is 24.3 Å². The van der Waals surface area contributed by atoms with Crippen LogP contribution in [0.25, 0.3) is 5.76 Å². The molecule has 1 saturated heterocycles. The molecule has 0 spiro atoms. The number of nitrogens with zero attached hydrogens (tertiary/aromatic N) is 2. The fraction of sp³-hybridized carbons (Fsp3) is 0.167. The van der Waals surface area contributed by atoms with Gasteiger partial charge in [0.15, 0.2) is 11.5 Å². The predicted octanol–water partition coefficient (Wildman–Crippen LogP) is 3.91. The number of furan rings is 1. The maximum absolute atomic E-state index is 13.1. The number of Topliss-reactive ketones (excluding diaryl/α,β-unsaturated/α-hetero) is 1. The third-order valence-electron chi connectivity index (χ3n) is 5.38. The van der Waals surface area contributed by atoms with E-state index in [4.69, 9.17) is 9.15 Å². The standard InChI is InChI=1S/C24H20N2O8/c1-2-33-19-12-14(8-9-18(19)27)21-20(22(28)15-5-3-6-16(11-15)26(31)32)23(29)24(30)25(21)13-17-7-4-10-34-17/h3-12,21,27-28H,2,13H2,1H3/t21-/m0/s1. The highest BCUT2D eigenvalue weighted by molar-refractivity contribution is 6.46. The van der Waals surface area contributed by atoms with Gasteiger partial charge in [0.25, 0.3) is 17.4 Å². The van der Waals surface area contributed by atoms with Crippen molar-refractivity contribution in [3.05, 3.63) is 93.4 Å². The number of nitro benzene ring substituents is 1. The fourth-order valence-corrected chi connectivity index (χ4v) is 3.85. The Balaban J connectivity index is 1.90. The number of phenolic OH excluding ortho intramolecular Hbond substituents is 1. The summed E-state index contributed by atoms with van der Waals surface area (Å²) in [6.07, 6.45) is 1.43. The van der Waals surface area contributed by atoms with Gasteiger partial charge in [-0.25, -0.2) is 0 Å². The lowest BCUT2D eigenvalue weighted by molar-refractivity contribution is -0.384. The summed E-state index contributed by atoms with van der Waals surface area (Å²) in [7, 11) is 0. The number of non-ortho nitro benzene ring substituents is 1. The number of hydrogen-bond acceptors (Lipinski definition) is 8. The number of carbonyl (C=O) groups is 2. The molecule has 10 heteroatoms. The van der Waals surface area contributed by atoms with Gasteiger partial charge in [-0.2, -0.15) is 0 Å². The topological polar surface area (TPSA) is 143 Å². The van der Waals surface area contributed by atoms with Crippen LogP contribution in [-0.2, 0) is 16.1 Å². The zero-order chi connectivity index (χ0) is 24.4. The molecule has 34 heavy (non-hydrogen) atoms. The molecule has 0 bridgehead atoms. The van der Waals surface area contributed by atoms with Crippen molar-refractivity contribution in [2.24, 2.45) is 0 Å². The Hall–Kier alpha value is -4.60. The number of phenols is 1. The molecule has 1 fully saturated rings. The van der Waals surface area contributed by atoms with Crippen LogP contribution in [0.5, 0.6) is 11.5 Å². The van der Waals surface area contributed by atoms with E-state index in [9.17, 15) is 29.9 Å². The van der Waals surface area contributed by atoms with E-state index in [1.807, 2.05) is 0 Å². The number of benzene rings is 2. The monoisotopic (exact) mass is 464 g/mol. The Bertz CT molecular complexity index is 1300. The number of aliphatic hydroxyl groups is 1. The quantitative estimate of drug-likeness (QED) is 0.176. The summed E-state index contributed by atoms with van der Waals surface area (Å²) in [5, 5.41) is 32.4. The smallest absolute Gasteiger partial charge is 0.296 e. The molecule has 2 heterocycles. The summed E-state index contributed by atoms with van der Waals surface area (Å²) in [6.45, 7) is 1.92. The highest BCUT2D eigenvalue weighted by atomic mass is 16.6. The molecule has 1 amide bonds. The first-order valence-corrected chi connectivity index (χ1v) is 10.3. The van der Waals surface area contributed by atoms with E-state index < -0.39 is 28.4 Å². The summed E-state index contributed by atoms with van der Waals surface area (Å²) in [5.74, 6) is -1.97. The average molecular weight is 464 g/mol. The van der Waals surface area contributed by atoms with Crippen molar-refractivity contribution in [2.75, 3.05) is 6.61 Å². The minimum atomic E-state index is -1.07. The molecule has 0 aliphatic carbocycles. The van der Waals surface area contributed by atoms with Crippen LogP contribution < -0.4 is 4.74 Å². The van der Waals surface area contributed by atoms with Gasteiger partial charge in [-0.15, -0.1) is 0 Å². The summed E-state index contributed by atoms with van der Waals surface area (Å²) in [6, 6.07) is 11.7. The van der Waals surface area contributed by atoms with E-state index in [1.54, 1.807) is 19.1 Å². The fourth-order valence-electron chi connectivity index (χ4n) is 3.85. The molecule has 1 aromatic heterocycles. The van der Waals surface area contributed by atoms with Crippen molar-refractivity contribution >= 4 is 23.1 Å². The first-order chi connectivity index (χ1) is 16.3. The molecule has 0 unspecified atom stereocenters. The van der Waals surface area contributed by atoms with Gasteiger partial charge in [0, 0.05) is 17.7 Å². The second kappa shape index (κ2) is 9.10. The van der Waals surface area contributed by atoms with Crippen LogP contribution in [0, 0.1) is 10.1 Å². The van der Waals surface area contributed by atoms with Crippen molar-refractivity contribution < 1.29 is 33.9 Å². The van der Waals surface area contributed by atoms with Gasteiger partial charge in [-0.1, -0.05) is 18.2 Å². The molecule has 10 nitrogen and oxygen atoms in total.